The van der Waals surface area contributed by atoms with Crippen LogP contribution >= 0.6 is 0 Å². The third kappa shape index (κ3) is 3.17. The molecule has 0 saturated carbocycles. The zero-order valence-corrected chi connectivity index (χ0v) is 13.3. The van der Waals surface area contributed by atoms with E-state index in [1.165, 1.54) is 0 Å². The van der Waals surface area contributed by atoms with Gasteiger partial charge in [-0.2, -0.15) is 0 Å². The molecule has 6 heteroatoms. The van der Waals surface area contributed by atoms with Gasteiger partial charge in [-0.1, -0.05) is 6.07 Å². The van der Waals surface area contributed by atoms with Crippen molar-refractivity contribution in [3.05, 3.63) is 42.1 Å². The molecule has 0 aliphatic rings. The van der Waals surface area contributed by atoms with E-state index in [9.17, 15) is 4.21 Å². The number of H-pyrrole nitrogens is 1. The Morgan fingerprint density at radius 3 is 2.95 bits per heavy atom. The number of aromatic nitrogens is 3. The number of imidazole rings is 1. The predicted molar refractivity (Wildman–Crippen MR) is 88.5 cm³/mol. The number of rotatable bonds is 5. The average Bonchev–Trinajstić information content (AvgIpc) is 2.90. The molecule has 0 amide bonds. The van der Waals surface area contributed by atoms with Crippen LogP contribution < -0.4 is 4.74 Å². The van der Waals surface area contributed by atoms with Gasteiger partial charge in [-0.3, -0.25) is 4.21 Å². The lowest BCUT2D eigenvalue weighted by Crippen LogP contribution is -2.07. The minimum atomic E-state index is -0.867. The SMILES string of the molecule is Cc1ccc(-c2nc3ncccc3[nH]2)c(OCCS(C)=O)c1. The Kier molecular flexibility index (Phi) is 4.20. The van der Waals surface area contributed by atoms with E-state index in [0.29, 0.717) is 18.0 Å². The summed E-state index contributed by atoms with van der Waals surface area (Å²) in [6.07, 6.45) is 3.39. The Labute approximate surface area is 131 Å². The van der Waals surface area contributed by atoms with Crippen molar-refractivity contribution >= 4 is 22.0 Å². The molecule has 3 rings (SSSR count). The van der Waals surface area contributed by atoms with Crippen LogP contribution in [0.5, 0.6) is 5.75 Å². The quantitative estimate of drug-likeness (QED) is 0.786. The summed E-state index contributed by atoms with van der Waals surface area (Å²) in [4.78, 5) is 12.0. The van der Waals surface area contributed by atoms with Gasteiger partial charge in [0.25, 0.3) is 0 Å². The van der Waals surface area contributed by atoms with Gasteiger partial charge < -0.3 is 9.72 Å². The molecule has 2 heterocycles. The van der Waals surface area contributed by atoms with Crippen LogP contribution in [-0.4, -0.2) is 37.8 Å². The van der Waals surface area contributed by atoms with Crippen LogP contribution in [0.1, 0.15) is 5.56 Å². The van der Waals surface area contributed by atoms with Gasteiger partial charge in [0.15, 0.2) is 5.65 Å². The number of aromatic amines is 1. The summed E-state index contributed by atoms with van der Waals surface area (Å²) in [5.41, 5.74) is 3.55. The van der Waals surface area contributed by atoms with E-state index in [2.05, 4.69) is 15.0 Å². The summed E-state index contributed by atoms with van der Waals surface area (Å²) in [5.74, 6) is 1.97. The largest absolute Gasteiger partial charge is 0.492 e. The van der Waals surface area contributed by atoms with E-state index in [1.54, 1.807) is 12.5 Å². The van der Waals surface area contributed by atoms with E-state index in [0.717, 1.165) is 28.2 Å². The number of fused-ring (bicyclic) bond motifs is 1. The number of benzene rings is 1. The van der Waals surface area contributed by atoms with Crippen LogP contribution in [0, 0.1) is 6.92 Å². The van der Waals surface area contributed by atoms with Gasteiger partial charge in [0.2, 0.25) is 0 Å². The molecule has 0 fully saturated rings. The Morgan fingerprint density at radius 1 is 1.32 bits per heavy atom. The van der Waals surface area contributed by atoms with Crippen LogP contribution in [-0.2, 0) is 10.8 Å². The molecule has 114 valence electrons. The van der Waals surface area contributed by atoms with Crippen molar-refractivity contribution in [2.24, 2.45) is 0 Å². The van der Waals surface area contributed by atoms with Crippen LogP contribution in [0.25, 0.3) is 22.6 Å². The molecule has 0 radical (unpaired) electrons. The summed E-state index contributed by atoms with van der Waals surface area (Å²) < 4.78 is 17.0. The summed E-state index contributed by atoms with van der Waals surface area (Å²) in [5, 5.41) is 0. The second-order valence-electron chi connectivity index (χ2n) is 5.09. The highest BCUT2D eigenvalue weighted by Gasteiger charge is 2.12. The number of ether oxygens (including phenoxy) is 1. The molecular formula is C16H17N3O2S. The minimum absolute atomic E-state index is 0.415. The van der Waals surface area contributed by atoms with Crippen LogP contribution in [0.3, 0.4) is 0 Å². The van der Waals surface area contributed by atoms with Crippen LogP contribution in [0.4, 0.5) is 0 Å². The highest BCUT2D eigenvalue weighted by atomic mass is 32.2. The van der Waals surface area contributed by atoms with Crippen molar-refractivity contribution in [2.75, 3.05) is 18.6 Å². The lowest BCUT2D eigenvalue weighted by molar-refractivity contribution is 0.344. The molecule has 1 N–H and O–H groups in total. The summed E-state index contributed by atoms with van der Waals surface area (Å²) in [7, 11) is -0.867. The van der Waals surface area contributed by atoms with Crippen molar-refractivity contribution in [1.82, 2.24) is 15.0 Å². The lowest BCUT2D eigenvalue weighted by atomic mass is 10.1. The van der Waals surface area contributed by atoms with E-state index in [1.807, 2.05) is 37.3 Å². The lowest BCUT2D eigenvalue weighted by Gasteiger charge is -2.10. The third-order valence-corrected chi connectivity index (χ3v) is 4.02. The Bertz CT molecular complexity index is 796. The number of nitrogens with zero attached hydrogens (tertiary/aromatic N) is 2. The van der Waals surface area contributed by atoms with Gasteiger partial charge in [0, 0.05) is 23.3 Å². The Balaban J connectivity index is 1.96. The van der Waals surface area contributed by atoms with Crippen LogP contribution in [0.15, 0.2) is 36.5 Å². The number of pyridine rings is 1. The van der Waals surface area contributed by atoms with Gasteiger partial charge in [0.05, 0.1) is 23.4 Å². The molecule has 2 aromatic heterocycles. The number of aryl methyl sites for hydroxylation is 1. The first-order valence-electron chi connectivity index (χ1n) is 6.98. The molecular weight excluding hydrogens is 298 g/mol. The Morgan fingerprint density at radius 2 is 2.18 bits per heavy atom. The molecule has 1 atom stereocenters. The van der Waals surface area contributed by atoms with Crippen LogP contribution in [0.2, 0.25) is 0 Å². The normalized spacial score (nSPS) is 12.5. The fraction of sp³-hybridized carbons (Fsp3) is 0.250. The second kappa shape index (κ2) is 6.27. The maximum Gasteiger partial charge on any atom is 0.178 e. The second-order valence-corrected chi connectivity index (χ2v) is 6.64. The first kappa shape index (κ1) is 14.7. The highest BCUT2D eigenvalue weighted by molar-refractivity contribution is 7.84. The zero-order valence-electron chi connectivity index (χ0n) is 12.5. The molecule has 3 aromatic rings. The zero-order chi connectivity index (χ0) is 15.5. The number of nitrogens with one attached hydrogen (secondary N) is 1. The van der Waals surface area contributed by atoms with E-state index >= 15 is 0 Å². The smallest absolute Gasteiger partial charge is 0.178 e. The molecule has 5 nitrogen and oxygen atoms in total. The summed E-state index contributed by atoms with van der Waals surface area (Å²) in [6, 6.07) is 9.77. The molecule has 0 aliphatic carbocycles. The summed E-state index contributed by atoms with van der Waals surface area (Å²) >= 11 is 0. The number of hydrogen-bond donors (Lipinski definition) is 1. The van der Waals surface area contributed by atoms with Gasteiger partial charge in [-0.05, 0) is 36.8 Å². The topological polar surface area (TPSA) is 67.9 Å². The first-order valence-corrected chi connectivity index (χ1v) is 8.71. The van der Waals surface area contributed by atoms with E-state index in [4.69, 9.17) is 4.74 Å². The standard InChI is InChI=1S/C16H17N3O2S/c1-11-5-6-12(14(10-11)21-8-9-22(2)20)15-18-13-4-3-7-17-16(13)19-15/h3-7,10H,8-9H2,1-2H3,(H,17,18,19). The predicted octanol–water partition coefficient (Wildman–Crippen LogP) is 2.69. The summed E-state index contributed by atoms with van der Waals surface area (Å²) in [6.45, 7) is 2.42. The van der Waals surface area contributed by atoms with Crippen molar-refractivity contribution in [2.45, 2.75) is 6.92 Å². The average molecular weight is 315 g/mol. The maximum atomic E-state index is 11.2. The molecule has 0 bridgehead atoms. The van der Waals surface area contributed by atoms with E-state index < -0.39 is 10.8 Å². The fourth-order valence-corrected chi connectivity index (χ4v) is 2.50. The highest BCUT2D eigenvalue weighted by Crippen LogP contribution is 2.30. The van der Waals surface area contributed by atoms with Crippen molar-refractivity contribution in [3.8, 4) is 17.1 Å². The molecule has 1 aromatic carbocycles. The molecule has 0 saturated heterocycles. The first-order chi connectivity index (χ1) is 10.6. The van der Waals surface area contributed by atoms with E-state index in [-0.39, 0.29) is 0 Å². The minimum Gasteiger partial charge on any atom is -0.492 e. The molecule has 1 unspecified atom stereocenters. The van der Waals surface area contributed by atoms with Gasteiger partial charge in [-0.15, -0.1) is 0 Å². The third-order valence-electron chi connectivity index (χ3n) is 3.28. The maximum absolute atomic E-state index is 11.2. The van der Waals surface area contributed by atoms with Crippen molar-refractivity contribution in [1.29, 1.82) is 0 Å². The van der Waals surface area contributed by atoms with Crippen molar-refractivity contribution < 1.29 is 8.95 Å². The molecule has 0 aliphatic heterocycles. The monoisotopic (exact) mass is 315 g/mol. The fourth-order valence-electron chi connectivity index (χ4n) is 2.19. The number of hydrogen-bond acceptors (Lipinski definition) is 4. The van der Waals surface area contributed by atoms with Gasteiger partial charge in [-0.25, -0.2) is 9.97 Å². The Hall–Kier alpha value is -2.21. The van der Waals surface area contributed by atoms with Gasteiger partial charge >= 0.3 is 0 Å². The molecule has 0 spiro atoms. The van der Waals surface area contributed by atoms with Gasteiger partial charge in [0.1, 0.15) is 11.6 Å². The van der Waals surface area contributed by atoms with Crippen molar-refractivity contribution in [3.63, 3.8) is 0 Å². The molecule has 22 heavy (non-hydrogen) atoms.